The van der Waals surface area contributed by atoms with E-state index in [9.17, 15) is 13.6 Å². The standard InChI is InChI=1S/C12H16F2N2O/c1-8(7-15)16(2)12(17)6-9-5-10(13)3-4-11(9)14/h3-5,8H,6-7,15H2,1-2H3. The molecule has 0 saturated heterocycles. The molecule has 0 radical (unpaired) electrons. The fourth-order valence-electron chi connectivity index (χ4n) is 1.37. The maximum absolute atomic E-state index is 13.3. The molecule has 1 amide bonds. The van der Waals surface area contributed by atoms with Gasteiger partial charge in [-0.05, 0) is 25.1 Å². The number of carbonyl (C=O) groups excluding carboxylic acids is 1. The van der Waals surface area contributed by atoms with Gasteiger partial charge in [0.15, 0.2) is 0 Å². The molecule has 1 atom stereocenters. The lowest BCUT2D eigenvalue weighted by Gasteiger charge is -2.23. The van der Waals surface area contributed by atoms with Gasteiger partial charge in [0.25, 0.3) is 0 Å². The zero-order chi connectivity index (χ0) is 13.0. The molecule has 1 aromatic carbocycles. The van der Waals surface area contributed by atoms with Crippen LogP contribution in [0.3, 0.4) is 0 Å². The summed E-state index contributed by atoms with van der Waals surface area (Å²) in [5.74, 6) is -1.41. The van der Waals surface area contributed by atoms with Crippen LogP contribution in [0.1, 0.15) is 12.5 Å². The normalized spacial score (nSPS) is 12.3. The first kappa shape index (κ1) is 13.6. The molecule has 1 rings (SSSR count). The summed E-state index contributed by atoms with van der Waals surface area (Å²) in [6.07, 6.45) is -0.162. The summed E-state index contributed by atoms with van der Waals surface area (Å²) in [7, 11) is 1.59. The third kappa shape index (κ3) is 3.49. The van der Waals surface area contributed by atoms with Crippen molar-refractivity contribution >= 4 is 5.91 Å². The Kier molecular flexibility index (Phi) is 4.57. The highest BCUT2D eigenvalue weighted by Gasteiger charge is 2.16. The highest BCUT2D eigenvalue weighted by molar-refractivity contribution is 5.78. The van der Waals surface area contributed by atoms with Crippen LogP contribution in [0.5, 0.6) is 0 Å². The maximum atomic E-state index is 13.3. The molecule has 1 unspecified atom stereocenters. The van der Waals surface area contributed by atoms with E-state index in [4.69, 9.17) is 5.73 Å². The summed E-state index contributed by atoms with van der Waals surface area (Å²) in [6.45, 7) is 2.12. The van der Waals surface area contributed by atoms with E-state index in [-0.39, 0.29) is 23.9 Å². The summed E-state index contributed by atoms with van der Waals surface area (Å²) in [4.78, 5) is 13.2. The van der Waals surface area contributed by atoms with Crippen LogP contribution in [0.4, 0.5) is 8.78 Å². The second-order valence-corrected chi connectivity index (χ2v) is 4.00. The third-order valence-corrected chi connectivity index (χ3v) is 2.75. The van der Waals surface area contributed by atoms with Crippen LogP contribution in [-0.2, 0) is 11.2 Å². The fourth-order valence-corrected chi connectivity index (χ4v) is 1.37. The summed E-state index contributed by atoms with van der Waals surface area (Å²) >= 11 is 0. The Bertz CT molecular complexity index is 409. The molecule has 0 aliphatic carbocycles. The molecule has 17 heavy (non-hydrogen) atoms. The van der Waals surface area contributed by atoms with Crippen LogP contribution in [-0.4, -0.2) is 30.4 Å². The van der Waals surface area contributed by atoms with Crippen LogP contribution in [0, 0.1) is 11.6 Å². The molecule has 1 aromatic rings. The molecule has 5 heteroatoms. The van der Waals surface area contributed by atoms with Gasteiger partial charge >= 0.3 is 0 Å². The van der Waals surface area contributed by atoms with Crippen molar-refractivity contribution in [3.8, 4) is 0 Å². The number of nitrogens with zero attached hydrogens (tertiary/aromatic N) is 1. The van der Waals surface area contributed by atoms with Crippen molar-refractivity contribution in [3.63, 3.8) is 0 Å². The van der Waals surface area contributed by atoms with Gasteiger partial charge in [0, 0.05) is 25.2 Å². The van der Waals surface area contributed by atoms with Gasteiger partial charge in [-0.2, -0.15) is 0 Å². The monoisotopic (exact) mass is 242 g/mol. The second-order valence-electron chi connectivity index (χ2n) is 4.00. The largest absolute Gasteiger partial charge is 0.341 e. The van der Waals surface area contributed by atoms with Gasteiger partial charge in [-0.15, -0.1) is 0 Å². The molecule has 0 aliphatic rings. The van der Waals surface area contributed by atoms with Gasteiger partial charge in [0.05, 0.1) is 6.42 Å². The maximum Gasteiger partial charge on any atom is 0.227 e. The SMILES string of the molecule is CC(CN)N(C)C(=O)Cc1cc(F)ccc1F. The van der Waals surface area contributed by atoms with Crippen molar-refractivity contribution < 1.29 is 13.6 Å². The van der Waals surface area contributed by atoms with E-state index in [1.807, 2.05) is 0 Å². The first-order valence-electron chi connectivity index (χ1n) is 5.35. The molecule has 0 aliphatic heterocycles. The summed E-state index contributed by atoms with van der Waals surface area (Å²) in [6, 6.07) is 2.95. The van der Waals surface area contributed by atoms with Gasteiger partial charge in [0.2, 0.25) is 5.91 Å². The lowest BCUT2D eigenvalue weighted by atomic mass is 10.1. The molecule has 0 bridgehead atoms. The third-order valence-electron chi connectivity index (χ3n) is 2.75. The zero-order valence-corrected chi connectivity index (χ0v) is 9.91. The second kappa shape index (κ2) is 5.72. The van der Waals surface area contributed by atoms with Crippen molar-refractivity contribution in [1.29, 1.82) is 0 Å². The number of hydrogen-bond acceptors (Lipinski definition) is 2. The fraction of sp³-hybridized carbons (Fsp3) is 0.417. The topological polar surface area (TPSA) is 46.3 Å². The van der Waals surface area contributed by atoms with Crippen LogP contribution in [0.25, 0.3) is 0 Å². The van der Waals surface area contributed by atoms with Crippen molar-refractivity contribution in [3.05, 3.63) is 35.4 Å². The van der Waals surface area contributed by atoms with E-state index in [2.05, 4.69) is 0 Å². The number of hydrogen-bond donors (Lipinski definition) is 1. The minimum absolute atomic E-state index is 0.0612. The van der Waals surface area contributed by atoms with Crippen LogP contribution in [0.15, 0.2) is 18.2 Å². The average Bonchev–Trinajstić information content (AvgIpc) is 2.31. The molecular formula is C12H16F2N2O. The Morgan fingerprint density at radius 1 is 1.47 bits per heavy atom. The van der Waals surface area contributed by atoms with Gasteiger partial charge < -0.3 is 10.6 Å². The molecule has 2 N–H and O–H groups in total. The smallest absolute Gasteiger partial charge is 0.227 e. The van der Waals surface area contributed by atoms with E-state index in [1.165, 1.54) is 4.90 Å². The van der Waals surface area contributed by atoms with Gasteiger partial charge in [-0.3, -0.25) is 4.79 Å². The number of nitrogens with two attached hydrogens (primary N) is 1. The number of carbonyl (C=O) groups is 1. The van der Waals surface area contributed by atoms with Crippen LogP contribution >= 0.6 is 0 Å². The van der Waals surface area contributed by atoms with Gasteiger partial charge in [-0.1, -0.05) is 0 Å². The highest BCUT2D eigenvalue weighted by Crippen LogP contribution is 2.11. The zero-order valence-electron chi connectivity index (χ0n) is 9.91. The molecule has 0 heterocycles. The van der Waals surface area contributed by atoms with Crippen molar-refractivity contribution in [2.75, 3.05) is 13.6 Å². The molecule has 3 nitrogen and oxygen atoms in total. The summed E-state index contributed by atoms with van der Waals surface area (Å²) in [5, 5.41) is 0. The van der Waals surface area contributed by atoms with Gasteiger partial charge in [0.1, 0.15) is 11.6 Å². The van der Waals surface area contributed by atoms with Crippen molar-refractivity contribution in [2.45, 2.75) is 19.4 Å². The predicted octanol–water partition coefficient (Wildman–Crippen LogP) is 1.31. The molecular weight excluding hydrogens is 226 g/mol. The average molecular weight is 242 g/mol. The van der Waals surface area contributed by atoms with E-state index in [0.717, 1.165) is 18.2 Å². The van der Waals surface area contributed by atoms with E-state index >= 15 is 0 Å². The molecule has 0 fully saturated rings. The summed E-state index contributed by atoms with van der Waals surface area (Å²) in [5.41, 5.74) is 5.49. The Hall–Kier alpha value is -1.49. The van der Waals surface area contributed by atoms with Crippen LogP contribution < -0.4 is 5.73 Å². The summed E-state index contributed by atoms with van der Waals surface area (Å²) < 4.78 is 26.2. The number of likely N-dealkylation sites (N-methyl/N-ethyl adjacent to an activating group) is 1. The Morgan fingerprint density at radius 2 is 2.12 bits per heavy atom. The van der Waals surface area contributed by atoms with Gasteiger partial charge in [-0.25, -0.2) is 8.78 Å². The van der Waals surface area contributed by atoms with E-state index < -0.39 is 11.6 Å². The van der Waals surface area contributed by atoms with Crippen molar-refractivity contribution in [1.82, 2.24) is 4.90 Å². The lowest BCUT2D eigenvalue weighted by molar-refractivity contribution is -0.130. The number of benzene rings is 1. The Morgan fingerprint density at radius 3 is 2.71 bits per heavy atom. The molecule has 0 aromatic heterocycles. The molecule has 0 saturated carbocycles. The first-order chi connectivity index (χ1) is 7.95. The molecule has 0 spiro atoms. The Balaban J connectivity index is 2.77. The minimum Gasteiger partial charge on any atom is -0.341 e. The highest BCUT2D eigenvalue weighted by atomic mass is 19.1. The molecule has 94 valence electrons. The lowest BCUT2D eigenvalue weighted by Crippen LogP contribution is -2.40. The van der Waals surface area contributed by atoms with E-state index in [1.54, 1.807) is 14.0 Å². The predicted molar refractivity (Wildman–Crippen MR) is 61.3 cm³/mol. The minimum atomic E-state index is -0.575. The van der Waals surface area contributed by atoms with E-state index in [0.29, 0.717) is 6.54 Å². The Labute approximate surface area is 99.2 Å². The number of amides is 1. The first-order valence-corrected chi connectivity index (χ1v) is 5.35. The number of halogens is 2. The van der Waals surface area contributed by atoms with Crippen LogP contribution in [0.2, 0.25) is 0 Å². The van der Waals surface area contributed by atoms with Crippen molar-refractivity contribution in [2.24, 2.45) is 5.73 Å². The quantitative estimate of drug-likeness (QED) is 0.865. The number of rotatable bonds is 4.